The van der Waals surface area contributed by atoms with E-state index in [1.165, 1.54) is 0 Å². The number of nitrogens with one attached hydrogen (secondary N) is 2. The molecule has 2 aliphatic rings. The zero-order valence-electron chi connectivity index (χ0n) is 15.7. The molecular weight excluding hydrogens is 348 g/mol. The van der Waals surface area contributed by atoms with Gasteiger partial charge in [0.2, 0.25) is 5.91 Å². The SMILES string of the molecule is CNC(=O)Cc1ccc(NC(=O)N2CCCN([C@H]3COC[C@@H]3O)CC2)cc1. The molecule has 2 fully saturated rings. The van der Waals surface area contributed by atoms with Gasteiger partial charge in [0.25, 0.3) is 0 Å². The minimum Gasteiger partial charge on any atom is -0.389 e. The molecule has 1 aromatic carbocycles. The molecule has 0 unspecified atom stereocenters. The highest BCUT2D eigenvalue weighted by Crippen LogP contribution is 2.17. The van der Waals surface area contributed by atoms with Gasteiger partial charge >= 0.3 is 6.03 Å². The van der Waals surface area contributed by atoms with Crippen molar-refractivity contribution in [3.63, 3.8) is 0 Å². The molecule has 0 radical (unpaired) electrons. The van der Waals surface area contributed by atoms with E-state index < -0.39 is 6.10 Å². The first kappa shape index (κ1) is 19.6. The predicted octanol–water partition coefficient (Wildman–Crippen LogP) is 0.274. The van der Waals surface area contributed by atoms with E-state index in [2.05, 4.69) is 15.5 Å². The number of rotatable bonds is 4. The summed E-state index contributed by atoms with van der Waals surface area (Å²) in [6.45, 7) is 3.81. The summed E-state index contributed by atoms with van der Waals surface area (Å²) in [6.07, 6.45) is 0.740. The molecule has 0 saturated carbocycles. The van der Waals surface area contributed by atoms with E-state index in [1.54, 1.807) is 11.9 Å². The maximum Gasteiger partial charge on any atom is 0.321 e. The van der Waals surface area contributed by atoms with Crippen LogP contribution in [0.3, 0.4) is 0 Å². The van der Waals surface area contributed by atoms with E-state index in [0.29, 0.717) is 38.4 Å². The van der Waals surface area contributed by atoms with E-state index >= 15 is 0 Å². The second-order valence-corrected chi connectivity index (χ2v) is 7.03. The molecule has 8 heteroatoms. The van der Waals surface area contributed by atoms with Crippen LogP contribution in [0.1, 0.15) is 12.0 Å². The van der Waals surface area contributed by atoms with E-state index in [-0.39, 0.29) is 18.0 Å². The zero-order valence-corrected chi connectivity index (χ0v) is 15.7. The number of aliphatic hydroxyl groups is 1. The van der Waals surface area contributed by atoms with Crippen molar-refractivity contribution >= 4 is 17.6 Å². The van der Waals surface area contributed by atoms with Crippen molar-refractivity contribution in [1.29, 1.82) is 0 Å². The number of hydrogen-bond acceptors (Lipinski definition) is 5. The molecule has 0 bridgehead atoms. The number of likely N-dealkylation sites (N-methyl/N-ethyl adjacent to an activating group) is 1. The summed E-state index contributed by atoms with van der Waals surface area (Å²) < 4.78 is 5.35. The molecule has 2 saturated heterocycles. The number of amides is 3. The lowest BCUT2D eigenvalue weighted by Crippen LogP contribution is -2.45. The number of carbonyl (C=O) groups excluding carboxylic acids is 2. The number of anilines is 1. The normalized spacial score (nSPS) is 23.7. The summed E-state index contributed by atoms with van der Waals surface area (Å²) in [5, 5.41) is 15.5. The third kappa shape index (κ3) is 5.18. The van der Waals surface area contributed by atoms with Gasteiger partial charge in [-0.15, -0.1) is 0 Å². The lowest BCUT2D eigenvalue weighted by atomic mass is 10.1. The Morgan fingerprint density at radius 2 is 1.93 bits per heavy atom. The van der Waals surface area contributed by atoms with Crippen LogP contribution in [0.4, 0.5) is 10.5 Å². The highest BCUT2D eigenvalue weighted by Gasteiger charge is 2.33. The van der Waals surface area contributed by atoms with Gasteiger partial charge in [0.15, 0.2) is 0 Å². The first-order valence-corrected chi connectivity index (χ1v) is 9.42. The summed E-state index contributed by atoms with van der Waals surface area (Å²) in [5.74, 6) is -0.0429. The van der Waals surface area contributed by atoms with Crippen LogP contribution in [0.5, 0.6) is 0 Å². The summed E-state index contributed by atoms with van der Waals surface area (Å²) in [5.41, 5.74) is 1.61. The Bertz CT molecular complexity index is 652. The Morgan fingerprint density at radius 3 is 2.59 bits per heavy atom. The molecule has 1 aromatic rings. The summed E-state index contributed by atoms with van der Waals surface area (Å²) in [7, 11) is 1.61. The van der Waals surface area contributed by atoms with Gasteiger partial charge in [-0.3, -0.25) is 9.69 Å². The van der Waals surface area contributed by atoms with E-state index in [4.69, 9.17) is 4.74 Å². The fourth-order valence-electron chi connectivity index (χ4n) is 3.53. The summed E-state index contributed by atoms with van der Waals surface area (Å²) >= 11 is 0. The van der Waals surface area contributed by atoms with Crippen LogP contribution < -0.4 is 10.6 Å². The number of nitrogens with zero attached hydrogens (tertiary/aromatic N) is 2. The highest BCUT2D eigenvalue weighted by molar-refractivity contribution is 5.89. The Labute approximate surface area is 159 Å². The predicted molar refractivity (Wildman–Crippen MR) is 102 cm³/mol. The van der Waals surface area contributed by atoms with Gasteiger partial charge in [-0.2, -0.15) is 0 Å². The van der Waals surface area contributed by atoms with Gasteiger partial charge in [-0.25, -0.2) is 4.79 Å². The molecular formula is C19H28N4O4. The standard InChI is InChI=1S/C19H28N4O4/c1-20-18(25)11-14-3-5-15(6-4-14)21-19(26)23-8-2-7-22(9-10-23)16-12-27-13-17(16)24/h3-6,16-17,24H,2,7-13H2,1H3,(H,20,25)(H,21,26)/t16-,17-/m0/s1. The Hall–Kier alpha value is -2.16. The van der Waals surface area contributed by atoms with Crippen molar-refractivity contribution in [3.8, 4) is 0 Å². The van der Waals surface area contributed by atoms with Gasteiger partial charge in [-0.1, -0.05) is 12.1 Å². The first-order valence-electron chi connectivity index (χ1n) is 9.42. The molecule has 0 aliphatic carbocycles. The largest absolute Gasteiger partial charge is 0.389 e. The molecule has 27 heavy (non-hydrogen) atoms. The van der Waals surface area contributed by atoms with Crippen LogP contribution in [0.15, 0.2) is 24.3 Å². The Kier molecular flexibility index (Phi) is 6.65. The van der Waals surface area contributed by atoms with Crippen LogP contribution in [0.25, 0.3) is 0 Å². The molecule has 3 N–H and O–H groups in total. The zero-order chi connectivity index (χ0) is 19.2. The van der Waals surface area contributed by atoms with Crippen molar-refractivity contribution in [2.45, 2.75) is 25.0 Å². The molecule has 2 atom stereocenters. The number of aliphatic hydroxyl groups excluding tert-OH is 1. The number of benzene rings is 1. The highest BCUT2D eigenvalue weighted by atomic mass is 16.5. The third-order valence-electron chi connectivity index (χ3n) is 5.16. The number of carbonyl (C=O) groups is 2. The smallest absolute Gasteiger partial charge is 0.321 e. The quantitative estimate of drug-likeness (QED) is 0.702. The van der Waals surface area contributed by atoms with Crippen LogP contribution in [-0.4, -0.2) is 85.4 Å². The number of ether oxygens (including phenoxy) is 1. The minimum absolute atomic E-state index is 0.0286. The molecule has 0 spiro atoms. The van der Waals surface area contributed by atoms with Crippen molar-refractivity contribution in [2.24, 2.45) is 0 Å². The Morgan fingerprint density at radius 1 is 1.15 bits per heavy atom. The van der Waals surface area contributed by atoms with Gasteiger partial charge in [-0.05, 0) is 24.1 Å². The third-order valence-corrected chi connectivity index (χ3v) is 5.16. The molecule has 3 amide bonds. The maximum atomic E-state index is 12.6. The van der Waals surface area contributed by atoms with Crippen molar-refractivity contribution < 1.29 is 19.4 Å². The molecule has 2 aliphatic heterocycles. The lowest BCUT2D eigenvalue weighted by Gasteiger charge is -2.28. The second-order valence-electron chi connectivity index (χ2n) is 7.03. The van der Waals surface area contributed by atoms with Crippen LogP contribution in [0, 0.1) is 0 Å². The minimum atomic E-state index is -0.446. The second kappa shape index (κ2) is 9.16. The van der Waals surface area contributed by atoms with Crippen LogP contribution in [0.2, 0.25) is 0 Å². The summed E-state index contributed by atoms with van der Waals surface area (Å²) in [6, 6.07) is 7.21. The lowest BCUT2D eigenvalue weighted by molar-refractivity contribution is -0.119. The maximum absolute atomic E-state index is 12.6. The molecule has 148 valence electrons. The van der Waals surface area contributed by atoms with Gasteiger partial charge in [0.05, 0.1) is 31.8 Å². The average Bonchev–Trinajstić information content (AvgIpc) is 2.95. The Balaban J connectivity index is 1.51. The number of urea groups is 1. The molecule has 0 aromatic heterocycles. The van der Waals surface area contributed by atoms with Gasteiger partial charge in [0.1, 0.15) is 0 Å². The average molecular weight is 376 g/mol. The van der Waals surface area contributed by atoms with Gasteiger partial charge < -0.3 is 25.4 Å². The topological polar surface area (TPSA) is 94.1 Å². The van der Waals surface area contributed by atoms with E-state index in [9.17, 15) is 14.7 Å². The molecule has 8 nitrogen and oxygen atoms in total. The van der Waals surface area contributed by atoms with Crippen LogP contribution in [-0.2, 0) is 16.0 Å². The monoisotopic (exact) mass is 376 g/mol. The first-order chi connectivity index (χ1) is 13.1. The van der Waals surface area contributed by atoms with Crippen LogP contribution >= 0.6 is 0 Å². The van der Waals surface area contributed by atoms with Crippen molar-refractivity contribution in [3.05, 3.63) is 29.8 Å². The number of hydrogen-bond donors (Lipinski definition) is 3. The van der Waals surface area contributed by atoms with Crippen molar-refractivity contribution in [1.82, 2.24) is 15.1 Å². The fraction of sp³-hybridized carbons (Fsp3) is 0.579. The van der Waals surface area contributed by atoms with Gasteiger partial charge in [0, 0.05) is 38.9 Å². The van der Waals surface area contributed by atoms with Crippen molar-refractivity contribution in [2.75, 3.05) is 51.8 Å². The van der Waals surface area contributed by atoms with E-state index in [0.717, 1.165) is 25.1 Å². The molecule has 2 heterocycles. The molecule has 3 rings (SSSR count). The van der Waals surface area contributed by atoms with E-state index in [1.807, 2.05) is 24.3 Å². The fourth-order valence-corrected chi connectivity index (χ4v) is 3.53. The summed E-state index contributed by atoms with van der Waals surface area (Å²) in [4.78, 5) is 28.0.